The van der Waals surface area contributed by atoms with E-state index in [2.05, 4.69) is 5.32 Å². The van der Waals surface area contributed by atoms with Gasteiger partial charge < -0.3 is 10.1 Å². The average molecular weight is 326 g/mol. The van der Waals surface area contributed by atoms with Crippen LogP contribution in [-0.2, 0) is 14.8 Å². The number of nitrogens with zero attached hydrogens (tertiary/aromatic N) is 1. The summed E-state index contributed by atoms with van der Waals surface area (Å²) in [6, 6.07) is 5.00. The molecule has 1 saturated heterocycles. The van der Waals surface area contributed by atoms with Gasteiger partial charge in [0.25, 0.3) is 0 Å². The van der Waals surface area contributed by atoms with Gasteiger partial charge in [-0.15, -0.1) is 0 Å². The van der Waals surface area contributed by atoms with E-state index in [-0.39, 0.29) is 11.7 Å². The highest BCUT2D eigenvalue weighted by molar-refractivity contribution is 7.93. The Morgan fingerprint density at radius 1 is 1.32 bits per heavy atom. The summed E-state index contributed by atoms with van der Waals surface area (Å²) in [4.78, 5) is 12.1. The Bertz CT molecular complexity index is 677. The van der Waals surface area contributed by atoms with Crippen LogP contribution in [0, 0.1) is 5.41 Å². The predicted octanol–water partition coefficient (Wildman–Crippen LogP) is 2.22. The van der Waals surface area contributed by atoms with Crippen molar-refractivity contribution >= 4 is 27.3 Å². The minimum Gasteiger partial charge on any atom is -0.494 e. The predicted molar refractivity (Wildman–Crippen MR) is 86.8 cm³/mol. The number of nitrogens with one attached hydrogen (secondary N) is 1. The lowest BCUT2D eigenvalue weighted by Crippen LogP contribution is -2.28. The molecular formula is C15H22N2O4S. The average Bonchev–Trinajstić information content (AvgIpc) is 2.77. The van der Waals surface area contributed by atoms with Crippen LogP contribution in [0.15, 0.2) is 18.2 Å². The zero-order valence-corrected chi connectivity index (χ0v) is 14.2. The van der Waals surface area contributed by atoms with Gasteiger partial charge in [0.05, 0.1) is 24.2 Å². The fraction of sp³-hybridized carbons (Fsp3) is 0.533. The van der Waals surface area contributed by atoms with E-state index in [1.165, 1.54) is 11.4 Å². The molecule has 0 bridgehead atoms. The highest BCUT2D eigenvalue weighted by Crippen LogP contribution is 2.33. The maximum absolute atomic E-state index is 12.1. The lowest BCUT2D eigenvalue weighted by molar-refractivity contribution is -0.123. The SMILES string of the molecule is COc1cc(N2CCCS2(=O)=O)ccc1NC(=O)C(C)(C)C. The number of carbonyl (C=O) groups excluding carboxylic acids is 1. The summed E-state index contributed by atoms with van der Waals surface area (Å²) in [6.07, 6.45) is 0.618. The van der Waals surface area contributed by atoms with Gasteiger partial charge in [0, 0.05) is 18.0 Å². The van der Waals surface area contributed by atoms with Crippen molar-refractivity contribution in [3.8, 4) is 5.75 Å². The van der Waals surface area contributed by atoms with E-state index in [1.807, 2.05) is 20.8 Å². The molecule has 0 aliphatic carbocycles. The fourth-order valence-electron chi connectivity index (χ4n) is 2.18. The number of amides is 1. The molecule has 2 rings (SSSR count). The third-order valence-electron chi connectivity index (χ3n) is 3.50. The van der Waals surface area contributed by atoms with Crippen molar-refractivity contribution in [2.75, 3.05) is 29.0 Å². The quantitative estimate of drug-likeness (QED) is 0.924. The molecule has 1 aliphatic heterocycles. The largest absolute Gasteiger partial charge is 0.494 e. The Balaban J connectivity index is 2.31. The van der Waals surface area contributed by atoms with E-state index in [1.54, 1.807) is 18.2 Å². The van der Waals surface area contributed by atoms with Crippen LogP contribution in [0.3, 0.4) is 0 Å². The molecule has 1 fully saturated rings. The van der Waals surface area contributed by atoms with Crippen LogP contribution in [0.5, 0.6) is 5.75 Å². The smallest absolute Gasteiger partial charge is 0.235 e. The van der Waals surface area contributed by atoms with Crippen molar-refractivity contribution in [1.82, 2.24) is 0 Å². The van der Waals surface area contributed by atoms with Crippen molar-refractivity contribution in [2.24, 2.45) is 5.41 Å². The van der Waals surface area contributed by atoms with Gasteiger partial charge in [0.2, 0.25) is 15.9 Å². The van der Waals surface area contributed by atoms with Gasteiger partial charge in [-0.25, -0.2) is 8.42 Å². The fourth-order valence-corrected chi connectivity index (χ4v) is 3.73. The number of ether oxygens (including phenoxy) is 1. The van der Waals surface area contributed by atoms with Crippen LogP contribution in [0.2, 0.25) is 0 Å². The summed E-state index contributed by atoms with van der Waals surface area (Å²) >= 11 is 0. The zero-order chi connectivity index (χ0) is 16.5. The number of anilines is 2. The summed E-state index contributed by atoms with van der Waals surface area (Å²) in [5.41, 5.74) is 0.563. The molecule has 6 nitrogen and oxygen atoms in total. The summed E-state index contributed by atoms with van der Waals surface area (Å²) in [5, 5.41) is 2.81. The first kappa shape index (κ1) is 16.6. The van der Waals surface area contributed by atoms with E-state index in [0.29, 0.717) is 30.1 Å². The van der Waals surface area contributed by atoms with Crippen molar-refractivity contribution in [3.05, 3.63) is 18.2 Å². The molecule has 1 heterocycles. The Morgan fingerprint density at radius 2 is 2.00 bits per heavy atom. The van der Waals surface area contributed by atoms with Crippen LogP contribution in [0.1, 0.15) is 27.2 Å². The number of carbonyl (C=O) groups is 1. The molecule has 1 N–H and O–H groups in total. The summed E-state index contributed by atoms with van der Waals surface area (Å²) < 4.78 is 30.6. The van der Waals surface area contributed by atoms with Gasteiger partial charge in [-0.2, -0.15) is 0 Å². The lowest BCUT2D eigenvalue weighted by Gasteiger charge is -2.21. The Kier molecular flexibility index (Phi) is 4.37. The standard InChI is InChI=1S/C15H22N2O4S/c1-15(2,3)14(18)16-12-7-6-11(10-13(12)21-4)17-8-5-9-22(17,19)20/h6-7,10H,5,8-9H2,1-4H3,(H,16,18). The van der Waals surface area contributed by atoms with Gasteiger partial charge in [-0.05, 0) is 18.6 Å². The summed E-state index contributed by atoms with van der Waals surface area (Å²) in [5.74, 6) is 0.474. The molecule has 1 aromatic rings. The molecule has 1 aromatic carbocycles. The Hall–Kier alpha value is -1.76. The van der Waals surface area contributed by atoms with Gasteiger partial charge in [-0.3, -0.25) is 9.10 Å². The molecule has 122 valence electrons. The van der Waals surface area contributed by atoms with Crippen LogP contribution in [0.25, 0.3) is 0 Å². The van der Waals surface area contributed by atoms with Gasteiger partial charge in [0.1, 0.15) is 5.75 Å². The first-order chi connectivity index (χ1) is 10.1. The van der Waals surface area contributed by atoms with E-state index < -0.39 is 15.4 Å². The minimum atomic E-state index is -3.23. The zero-order valence-electron chi connectivity index (χ0n) is 13.3. The van der Waals surface area contributed by atoms with E-state index in [9.17, 15) is 13.2 Å². The second kappa shape index (κ2) is 5.79. The van der Waals surface area contributed by atoms with Crippen LogP contribution < -0.4 is 14.4 Å². The summed E-state index contributed by atoms with van der Waals surface area (Å²) in [6.45, 7) is 5.93. The lowest BCUT2D eigenvalue weighted by atomic mass is 9.95. The van der Waals surface area contributed by atoms with E-state index in [4.69, 9.17) is 4.74 Å². The second-order valence-corrected chi connectivity index (χ2v) is 8.34. The van der Waals surface area contributed by atoms with Crippen molar-refractivity contribution < 1.29 is 17.9 Å². The van der Waals surface area contributed by atoms with Crippen molar-refractivity contribution in [2.45, 2.75) is 27.2 Å². The monoisotopic (exact) mass is 326 g/mol. The van der Waals surface area contributed by atoms with Crippen molar-refractivity contribution in [3.63, 3.8) is 0 Å². The molecule has 0 atom stereocenters. The third-order valence-corrected chi connectivity index (χ3v) is 5.37. The maximum atomic E-state index is 12.1. The van der Waals surface area contributed by atoms with Crippen LogP contribution in [0.4, 0.5) is 11.4 Å². The molecule has 0 radical (unpaired) electrons. The molecule has 0 spiro atoms. The van der Waals surface area contributed by atoms with Crippen LogP contribution in [-0.4, -0.2) is 33.7 Å². The number of sulfonamides is 1. The minimum absolute atomic E-state index is 0.132. The molecule has 7 heteroatoms. The van der Waals surface area contributed by atoms with E-state index in [0.717, 1.165) is 0 Å². The number of benzene rings is 1. The Labute approximate surface area is 131 Å². The number of methoxy groups -OCH3 is 1. The molecule has 0 saturated carbocycles. The number of rotatable bonds is 3. The number of hydrogen-bond donors (Lipinski definition) is 1. The first-order valence-corrected chi connectivity index (χ1v) is 8.76. The molecule has 1 amide bonds. The van der Waals surface area contributed by atoms with Crippen LogP contribution >= 0.6 is 0 Å². The first-order valence-electron chi connectivity index (χ1n) is 7.15. The molecule has 1 aliphatic rings. The molecule has 22 heavy (non-hydrogen) atoms. The topological polar surface area (TPSA) is 75.7 Å². The third kappa shape index (κ3) is 3.35. The normalized spacial score (nSPS) is 17.4. The number of hydrogen-bond acceptors (Lipinski definition) is 4. The summed E-state index contributed by atoms with van der Waals surface area (Å²) in [7, 11) is -1.74. The molecular weight excluding hydrogens is 304 g/mol. The van der Waals surface area contributed by atoms with Gasteiger partial charge >= 0.3 is 0 Å². The highest BCUT2D eigenvalue weighted by atomic mass is 32.2. The second-order valence-electron chi connectivity index (χ2n) is 6.33. The van der Waals surface area contributed by atoms with Crippen molar-refractivity contribution in [1.29, 1.82) is 0 Å². The maximum Gasteiger partial charge on any atom is 0.235 e. The highest BCUT2D eigenvalue weighted by Gasteiger charge is 2.29. The van der Waals surface area contributed by atoms with Gasteiger partial charge in [-0.1, -0.05) is 20.8 Å². The van der Waals surface area contributed by atoms with Gasteiger partial charge in [0.15, 0.2) is 0 Å². The Morgan fingerprint density at radius 3 is 2.50 bits per heavy atom. The molecule has 0 aromatic heterocycles. The van der Waals surface area contributed by atoms with E-state index >= 15 is 0 Å². The molecule has 0 unspecified atom stereocenters.